The van der Waals surface area contributed by atoms with Crippen LogP contribution < -0.4 is 0 Å². The van der Waals surface area contributed by atoms with Crippen LogP contribution in [0.1, 0.15) is 15.9 Å². The molecule has 104 valence electrons. The lowest BCUT2D eigenvalue weighted by atomic mass is 9.97. The van der Waals surface area contributed by atoms with Crippen LogP contribution in [0.2, 0.25) is 0 Å². The van der Waals surface area contributed by atoms with Crippen LogP contribution in [0, 0.1) is 0 Å². The third kappa shape index (κ3) is 2.63. The Kier molecular flexibility index (Phi) is 4.13. The summed E-state index contributed by atoms with van der Waals surface area (Å²) in [6, 6.07) is 19.6. The van der Waals surface area contributed by atoms with E-state index in [9.17, 15) is 4.79 Å². The van der Waals surface area contributed by atoms with E-state index in [1.807, 2.05) is 66.9 Å². The van der Waals surface area contributed by atoms with E-state index in [-0.39, 0.29) is 5.78 Å². The number of hydrogen-bond acceptors (Lipinski definition) is 2. The Morgan fingerprint density at radius 3 is 2.29 bits per heavy atom. The highest BCUT2D eigenvalue weighted by atomic mass is 79.9. The fourth-order valence-corrected chi connectivity index (χ4v) is 3.51. The molecule has 0 unspecified atom stereocenters. The number of ketones is 1. The fourth-order valence-electron chi connectivity index (χ4n) is 2.44. The standard InChI is InChI=1S/C18H13BrOS/c1-21-17-9-5-4-8-15(17)18(20)14-10-11-16(19)13-7-3-2-6-12(13)14/h2-11H,1H3. The maximum absolute atomic E-state index is 12.9. The Hall–Kier alpha value is -1.58. The van der Waals surface area contributed by atoms with Gasteiger partial charge in [0.25, 0.3) is 0 Å². The van der Waals surface area contributed by atoms with Crippen molar-refractivity contribution in [3.8, 4) is 0 Å². The number of thioether (sulfide) groups is 1. The van der Waals surface area contributed by atoms with Crippen molar-refractivity contribution in [2.45, 2.75) is 4.90 Å². The van der Waals surface area contributed by atoms with Crippen molar-refractivity contribution in [2.24, 2.45) is 0 Å². The zero-order valence-electron chi connectivity index (χ0n) is 11.5. The second kappa shape index (κ2) is 6.04. The summed E-state index contributed by atoms with van der Waals surface area (Å²) in [5, 5.41) is 2.04. The van der Waals surface area contributed by atoms with Crippen LogP contribution in [0.25, 0.3) is 10.8 Å². The molecule has 3 aromatic rings. The van der Waals surface area contributed by atoms with Gasteiger partial charge in [-0.25, -0.2) is 0 Å². The van der Waals surface area contributed by atoms with Crippen LogP contribution in [-0.2, 0) is 0 Å². The van der Waals surface area contributed by atoms with Crippen LogP contribution in [0.5, 0.6) is 0 Å². The number of halogens is 1. The molecule has 0 amide bonds. The predicted octanol–water partition coefficient (Wildman–Crippen LogP) is 5.56. The van der Waals surface area contributed by atoms with Crippen LogP contribution in [0.15, 0.2) is 70.0 Å². The first kappa shape index (κ1) is 14.4. The largest absolute Gasteiger partial charge is 0.289 e. The number of fused-ring (bicyclic) bond motifs is 1. The molecular formula is C18H13BrOS. The molecule has 3 heteroatoms. The maximum Gasteiger partial charge on any atom is 0.194 e. The molecule has 0 fully saturated rings. The van der Waals surface area contributed by atoms with Gasteiger partial charge in [0.15, 0.2) is 5.78 Å². The molecule has 0 radical (unpaired) electrons. The van der Waals surface area contributed by atoms with Gasteiger partial charge in [-0.15, -0.1) is 11.8 Å². The van der Waals surface area contributed by atoms with Crippen LogP contribution >= 0.6 is 27.7 Å². The first-order valence-electron chi connectivity index (χ1n) is 6.57. The van der Waals surface area contributed by atoms with Gasteiger partial charge in [0.1, 0.15) is 0 Å². The molecule has 21 heavy (non-hydrogen) atoms. The monoisotopic (exact) mass is 356 g/mol. The van der Waals surface area contributed by atoms with Crippen molar-refractivity contribution in [3.05, 3.63) is 76.3 Å². The highest BCUT2D eigenvalue weighted by molar-refractivity contribution is 9.10. The summed E-state index contributed by atoms with van der Waals surface area (Å²) in [5.74, 6) is 0.0728. The third-order valence-corrected chi connectivity index (χ3v) is 4.95. The second-order valence-corrected chi connectivity index (χ2v) is 6.37. The topological polar surface area (TPSA) is 17.1 Å². The van der Waals surface area contributed by atoms with E-state index >= 15 is 0 Å². The number of carbonyl (C=O) groups is 1. The minimum atomic E-state index is 0.0728. The minimum Gasteiger partial charge on any atom is -0.289 e. The van der Waals surface area contributed by atoms with Crippen LogP contribution in [-0.4, -0.2) is 12.0 Å². The molecule has 0 aliphatic carbocycles. The molecule has 3 rings (SSSR count). The van der Waals surface area contributed by atoms with Crippen molar-refractivity contribution >= 4 is 44.2 Å². The maximum atomic E-state index is 12.9. The summed E-state index contributed by atoms with van der Waals surface area (Å²) >= 11 is 5.15. The van der Waals surface area contributed by atoms with Gasteiger partial charge in [-0.1, -0.05) is 52.3 Å². The molecule has 1 nitrogen and oxygen atoms in total. The second-order valence-electron chi connectivity index (χ2n) is 4.67. The van der Waals surface area contributed by atoms with E-state index in [2.05, 4.69) is 15.9 Å². The number of benzene rings is 3. The van der Waals surface area contributed by atoms with Crippen molar-refractivity contribution < 1.29 is 4.79 Å². The van der Waals surface area contributed by atoms with Gasteiger partial charge < -0.3 is 0 Å². The van der Waals surface area contributed by atoms with Gasteiger partial charge in [-0.3, -0.25) is 4.79 Å². The van der Waals surface area contributed by atoms with Gasteiger partial charge >= 0.3 is 0 Å². The summed E-state index contributed by atoms with van der Waals surface area (Å²) in [5.41, 5.74) is 1.51. The zero-order chi connectivity index (χ0) is 14.8. The minimum absolute atomic E-state index is 0.0728. The molecule has 0 aliphatic rings. The Labute approximate surface area is 136 Å². The summed E-state index contributed by atoms with van der Waals surface area (Å²) in [4.78, 5) is 13.9. The van der Waals surface area contributed by atoms with E-state index in [0.717, 1.165) is 31.3 Å². The molecule has 0 saturated carbocycles. The average molecular weight is 357 g/mol. The predicted molar refractivity (Wildman–Crippen MR) is 93.3 cm³/mol. The molecule has 0 aliphatic heterocycles. The Morgan fingerprint density at radius 1 is 0.857 bits per heavy atom. The molecule has 0 aromatic heterocycles. The zero-order valence-corrected chi connectivity index (χ0v) is 13.9. The van der Waals surface area contributed by atoms with Crippen LogP contribution in [0.3, 0.4) is 0 Å². The first-order chi connectivity index (χ1) is 10.2. The fraction of sp³-hybridized carbons (Fsp3) is 0.0556. The van der Waals surface area contributed by atoms with Crippen molar-refractivity contribution in [2.75, 3.05) is 6.26 Å². The van der Waals surface area contributed by atoms with Gasteiger partial charge in [0.2, 0.25) is 0 Å². The summed E-state index contributed by atoms with van der Waals surface area (Å²) in [6.45, 7) is 0. The quantitative estimate of drug-likeness (QED) is 0.451. The lowest BCUT2D eigenvalue weighted by Gasteiger charge is -2.10. The summed E-state index contributed by atoms with van der Waals surface area (Å²) < 4.78 is 1.01. The van der Waals surface area contributed by atoms with Crippen molar-refractivity contribution in [1.29, 1.82) is 0 Å². The average Bonchev–Trinajstić information content (AvgIpc) is 2.55. The van der Waals surface area contributed by atoms with E-state index in [0.29, 0.717) is 0 Å². The lowest BCUT2D eigenvalue weighted by molar-refractivity contribution is 0.103. The first-order valence-corrected chi connectivity index (χ1v) is 8.59. The number of rotatable bonds is 3. The number of hydrogen-bond donors (Lipinski definition) is 0. The van der Waals surface area contributed by atoms with Gasteiger partial charge in [0, 0.05) is 20.5 Å². The molecule has 0 saturated heterocycles. The van der Waals surface area contributed by atoms with E-state index in [4.69, 9.17) is 0 Å². The van der Waals surface area contributed by atoms with E-state index in [1.165, 1.54) is 0 Å². The molecule has 0 spiro atoms. The highest BCUT2D eigenvalue weighted by Gasteiger charge is 2.16. The Bertz CT molecular complexity index is 826. The third-order valence-electron chi connectivity index (χ3n) is 3.47. The van der Waals surface area contributed by atoms with Gasteiger partial charge in [-0.2, -0.15) is 0 Å². The Balaban J connectivity index is 2.21. The van der Waals surface area contributed by atoms with Crippen LogP contribution in [0.4, 0.5) is 0 Å². The molecule has 0 bridgehead atoms. The molecule has 0 heterocycles. The molecule has 3 aromatic carbocycles. The highest BCUT2D eigenvalue weighted by Crippen LogP contribution is 2.30. The molecular weight excluding hydrogens is 344 g/mol. The van der Waals surface area contributed by atoms with Gasteiger partial charge in [0.05, 0.1) is 0 Å². The smallest absolute Gasteiger partial charge is 0.194 e. The summed E-state index contributed by atoms with van der Waals surface area (Å²) in [6.07, 6.45) is 1.99. The SMILES string of the molecule is CSc1ccccc1C(=O)c1ccc(Br)c2ccccc12. The normalized spacial score (nSPS) is 10.8. The molecule has 0 atom stereocenters. The summed E-state index contributed by atoms with van der Waals surface area (Å²) in [7, 11) is 0. The number of carbonyl (C=O) groups excluding carboxylic acids is 1. The van der Waals surface area contributed by atoms with Crippen molar-refractivity contribution in [1.82, 2.24) is 0 Å². The molecule has 0 N–H and O–H groups in total. The lowest BCUT2D eigenvalue weighted by Crippen LogP contribution is -2.04. The van der Waals surface area contributed by atoms with Gasteiger partial charge in [-0.05, 0) is 41.3 Å². The van der Waals surface area contributed by atoms with Crippen molar-refractivity contribution in [3.63, 3.8) is 0 Å². The van der Waals surface area contributed by atoms with E-state index in [1.54, 1.807) is 11.8 Å². The Morgan fingerprint density at radius 2 is 1.52 bits per heavy atom. The van der Waals surface area contributed by atoms with E-state index < -0.39 is 0 Å².